The summed E-state index contributed by atoms with van der Waals surface area (Å²) in [5.74, 6) is -0.382. The van der Waals surface area contributed by atoms with Gasteiger partial charge < -0.3 is 15.2 Å². The van der Waals surface area contributed by atoms with Crippen LogP contribution in [0.5, 0.6) is 0 Å². The lowest BCUT2D eigenvalue weighted by Gasteiger charge is -2.27. The lowest BCUT2D eigenvalue weighted by Crippen LogP contribution is -2.42. The first-order chi connectivity index (χ1) is 6.57. The predicted octanol–water partition coefficient (Wildman–Crippen LogP) is 1.47. The van der Waals surface area contributed by atoms with Gasteiger partial charge in [0.25, 0.3) is 0 Å². The zero-order valence-corrected chi connectivity index (χ0v) is 10.6. The zero-order valence-electron chi connectivity index (χ0n) is 10.6. The van der Waals surface area contributed by atoms with Gasteiger partial charge in [-0.3, -0.25) is 4.79 Å². The van der Waals surface area contributed by atoms with Gasteiger partial charge in [0.2, 0.25) is 0 Å². The van der Waals surface area contributed by atoms with Crippen molar-refractivity contribution in [2.24, 2.45) is 5.73 Å². The first kappa shape index (κ1) is 14.4. The van der Waals surface area contributed by atoms with Gasteiger partial charge in [0.1, 0.15) is 11.6 Å². The fourth-order valence-electron chi connectivity index (χ4n) is 1.07. The molecule has 0 spiro atoms. The van der Waals surface area contributed by atoms with E-state index in [0.29, 0.717) is 6.42 Å². The maximum absolute atomic E-state index is 11.5. The highest BCUT2D eigenvalue weighted by Gasteiger charge is 2.28. The van der Waals surface area contributed by atoms with Crippen LogP contribution in [0.1, 0.15) is 41.0 Å². The maximum atomic E-state index is 11.5. The lowest BCUT2D eigenvalue weighted by atomic mass is 9.99. The second-order valence-electron chi connectivity index (χ2n) is 5.31. The van der Waals surface area contributed by atoms with Crippen LogP contribution >= 0.6 is 0 Å². The Hall–Kier alpha value is -0.610. The summed E-state index contributed by atoms with van der Waals surface area (Å²) in [5, 5.41) is 0. The number of methoxy groups -OCH3 is 1. The average Bonchev–Trinajstić information content (AvgIpc) is 2.00. The first-order valence-electron chi connectivity index (χ1n) is 5.11. The van der Waals surface area contributed by atoms with Crippen LogP contribution in [0.25, 0.3) is 0 Å². The van der Waals surface area contributed by atoms with E-state index >= 15 is 0 Å². The van der Waals surface area contributed by atoms with Crippen molar-refractivity contribution in [2.75, 3.05) is 7.11 Å². The summed E-state index contributed by atoms with van der Waals surface area (Å²) in [7, 11) is 1.60. The van der Waals surface area contributed by atoms with Gasteiger partial charge in [0.15, 0.2) is 0 Å². The normalized spacial score (nSPS) is 14.9. The van der Waals surface area contributed by atoms with Gasteiger partial charge in [-0.05, 0) is 34.6 Å². The van der Waals surface area contributed by atoms with Gasteiger partial charge in [0, 0.05) is 13.5 Å². The summed E-state index contributed by atoms with van der Waals surface area (Å²) < 4.78 is 10.4. The topological polar surface area (TPSA) is 61.5 Å². The standard InChI is InChI=1S/C11H23NO3/c1-10(2,3)15-9(13)8(12)7-11(4,5)14-6/h8H,7,12H2,1-6H3. The molecule has 0 aliphatic carbocycles. The number of carbonyl (C=O) groups excluding carboxylic acids is 1. The molecule has 0 heterocycles. The number of carbonyl (C=O) groups is 1. The van der Waals surface area contributed by atoms with E-state index in [1.807, 2.05) is 34.6 Å². The molecule has 0 aliphatic rings. The highest BCUT2D eigenvalue weighted by molar-refractivity contribution is 5.76. The second kappa shape index (κ2) is 4.94. The van der Waals surface area contributed by atoms with E-state index < -0.39 is 17.2 Å². The van der Waals surface area contributed by atoms with Crippen LogP contribution in [0.2, 0.25) is 0 Å². The largest absolute Gasteiger partial charge is 0.459 e. The van der Waals surface area contributed by atoms with Gasteiger partial charge in [-0.2, -0.15) is 0 Å². The molecule has 0 saturated carbocycles. The van der Waals surface area contributed by atoms with E-state index in [1.54, 1.807) is 7.11 Å². The molecule has 4 nitrogen and oxygen atoms in total. The number of hydrogen-bond donors (Lipinski definition) is 1. The lowest BCUT2D eigenvalue weighted by molar-refractivity contribution is -0.158. The van der Waals surface area contributed by atoms with Crippen LogP contribution < -0.4 is 5.73 Å². The Balaban J connectivity index is 4.23. The van der Waals surface area contributed by atoms with Crippen molar-refractivity contribution < 1.29 is 14.3 Å². The van der Waals surface area contributed by atoms with Crippen molar-refractivity contribution in [1.82, 2.24) is 0 Å². The fraction of sp³-hybridized carbons (Fsp3) is 0.909. The van der Waals surface area contributed by atoms with Crippen molar-refractivity contribution in [2.45, 2.75) is 58.3 Å². The van der Waals surface area contributed by atoms with Crippen molar-refractivity contribution in [1.29, 1.82) is 0 Å². The highest BCUT2D eigenvalue weighted by Crippen LogP contribution is 2.17. The third-order valence-electron chi connectivity index (χ3n) is 1.97. The molecule has 0 bridgehead atoms. The van der Waals surface area contributed by atoms with Crippen molar-refractivity contribution in [3.05, 3.63) is 0 Å². The molecule has 4 heteroatoms. The third-order valence-corrected chi connectivity index (χ3v) is 1.97. The molecular formula is C11H23NO3. The molecule has 0 saturated heterocycles. The molecule has 0 aromatic rings. The summed E-state index contributed by atoms with van der Waals surface area (Å²) in [5.41, 5.74) is 4.83. The Morgan fingerprint density at radius 3 is 2.07 bits per heavy atom. The Kier molecular flexibility index (Phi) is 4.74. The average molecular weight is 217 g/mol. The van der Waals surface area contributed by atoms with E-state index in [4.69, 9.17) is 15.2 Å². The van der Waals surface area contributed by atoms with Crippen molar-refractivity contribution in [3.8, 4) is 0 Å². The number of nitrogens with two attached hydrogens (primary N) is 1. The van der Waals surface area contributed by atoms with E-state index in [0.717, 1.165) is 0 Å². The second-order valence-corrected chi connectivity index (χ2v) is 5.31. The van der Waals surface area contributed by atoms with Gasteiger partial charge in [0.05, 0.1) is 5.60 Å². The van der Waals surface area contributed by atoms with Crippen LogP contribution in [0.4, 0.5) is 0 Å². The molecule has 0 aliphatic heterocycles. The zero-order chi connectivity index (χ0) is 12.3. The molecule has 0 aromatic heterocycles. The van der Waals surface area contributed by atoms with Crippen LogP contribution in [0.15, 0.2) is 0 Å². The van der Waals surface area contributed by atoms with Crippen LogP contribution in [-0.2, 0) is 14.3 Å². The van der Waals surface area contributed by atoms with Crippen LogP contribution in [-0.4, -0.2) is 30.3 Å². The van der Waals surface area contributed by atoms with E-state index in [1.165, 1.54) is 0 Å². The number of hydrogen-bond acceptors (Lipinski definition) is 4. The molecule has 2 N–H and O–H groups in total. The Labute approximate surface area is 92.1 Å². The highest BCUT2D eigenvalue weighted by atomic mass is 16.6. The molecule has 15 heavy (non-hydrogen) atoms. The van der Waals surface area contributed by atoms with E-state index in [9.17, 15) is 4.79 Å². The maximum Gasteiger partial charge on any atom is 0.323 e. The molecule has 0 rings (SSSR count). The van der Waals surface area contributed by atoms with Crippen molar-refractivity contribution >= 4 is 5.97 Å². The summed E-state index contributed by atoms with van der Waals surface area (Å²) in [4.78, 5) is 11.5. The summed E-state index contributed by atoms with van der Waals surface area (Å²) in [6.45, 7) is 9.23. The van der Waals surface area contributed by atoms with E-state index in [2.05, 4.69) is 0 Å². The summed E-state index contributed by atoms with van der Waals surface area (Å²) in [6.07, 6.45) is 0.443. The minimum Gasteiger partial charge on any atom is -0.459 e. The molecule has 0 aromatic carbocycles. The van der Waals surface area contributed by atoms with Gasteiger partial charge in [-0.15, -0.1) is 0 Å². The molecule has 90 valence electrons. The minimum atomic E-state index is -0.640. The third kappa shape index (κ3) is 6.47. The van der Waals surface area contributed by atoms with Crippen LogP contribution in [0, 0.1) is 0 Å². The smallest absolute Gasteiger partial charge is 0.323 e. The Morgan fingerprint density at radius 2 is 1.73 bits per heavy atom. The first-order valence-corrected chi connectivity index (χ1v) is 5.11. The van der Waals surface area contributed by atoms with Gasteiger partial charge in [-0.1, -0.05) is 0 Å². The predicted molar refractivity (Wildman–Crippen MR) is 59.5 cm³/mol. The monoisotopic (exact) mass is 217 g/mol. The Morgan fingerprint density at radius 1 is 1.27 bits per heavy atom. The van der Waals surface area contributed by atoms with Gasteiger partial charge in [-0.25, -0.2) is 0 Å². The molecular weight excluding hydrogens is 194 g/mol. The molecule has 1 atom stereocenters. The van der Waals surface area contributed by atoms with Gasteiger partial charge >= 0.3 is 5.97 Å². The minimum absolute atomic E-state index is 0.382. The van der Waals surface area contributed by atoms with Crippen LogP contribution in [0.3, 0.4) is 0 Å². The number of esters is 1. The summed E-state index contributed by atoms with van der Waals surface area (Å²) in [6, 6.07) is -0.640. The summed E-state index contributed by atoms with van der Waals surface area (Å²) >= 11 is 0. The number of rotatable bonds is 4. The Bertz CT molecular complexity index is 218. The number of ether oxygens (including phenoxy) is 2. The molecule has 0 amide bonds. The molecule has 0 radical (unpaired) electrons. The molecule has 0 fully saturated rings. The SMILES string of the molecule is COC(C)(C)CC(N)C(=O)OC(C)(C)C. The van der Waals surface area contributed by atoms with Crippen molar-refractivity contribution in [3.63, 3.8) is 0 Å². The quantitative estimate of drug-likeness (QED) is 0.724. The molecule has 1 unspecified atom stereocenters. The van der Waals surface area contributed by atoms with E-state index in [-0.39, 0.29) is 5.97 Å². The fourth-order valence-corrected chi connectivity index (χ4v) is 1.07.